The van der Waals surface area contributed by atoms with Gasteiger partial charge < -0.3 is 0 Å². The first-order chi connectivity index (χ1) is 6.81. The summed E-state index contributed by atoms with van der Waals surface area (Å²) in [6.45, 7) is 2.10. The van der Waals surface area contributed by atoms with E-state index >= 15 is 0 Å². The molecule has 0 aromatic carbocycles. The van der Waals surface area contributed by atoms with Gasteiger partial charge in [-0.05, 0) is 19.3 Å². The molecule has 0 amide bonds. The van der Waals surface area contributed by atoms with Crippen molar-refractivity contribution in [3.63, 3.8) is 0 Å². The van der Waals surface area contributed by atoms with Crippen LogP contribution in [0.15, 0.2) is 10.9 Å². The van der Waals surface area contributed by atoms with Gasteiger partial charge in [0.15, 0.2) is 0 Å². The molecule has 0 atom stereocenters. The van der Waals surface area contributed by atoms with Gasteiger partial charge >= 0.3 is 0 Å². The Hall–Kier alpha value is -0.990. The quantitative estimate of drug-likeness (QED) is 0.770. The Bertz CT molecular complexity index is 344. The number of aromatic nitrogens is 2. The van der Waals surface area contributed by atoms with E-state index in [-0.39, 0.29) is 5.56 Å². The van der Waals surface area contributed by atoms with E-state index in [1.807, 2.05) is 0 Å². The molecule has 1 aromatic heterocycles. The van der Waals surface area contributed by atoms with Gasteiger partial charge in [-0.1, -0.05) is 26.2 Å². The van der Waals surface area contributed by atoms with Gasteiger partial charge in [0, 0.05) is 11.8 Å². The normalized spacial score (nSPS) is 18.6. The first-order valence-corrected chi connectivity index (χ1v) is 5.61. The molecule has 14 heavy (non-hydrogen) atoms. The predicted octanol–water partition coefficient (Wildman–Crippen LogP) is 2.24. The van der Waals surface area contributed by atoms with Gasteiger partial charge in [0.1, 0.15) is 0 Å². The summed E-state index contributed by atoms with van der Waals surface area (Å²) in [7, 11) is 0. The fraction of sp³-hybridized carbons (Fsp3) is 0.727. The Morgan fingerprint density at radius 1 is 1.43 bits per heavy atom. The van der Waals surface area contributed by atoms with E-state index in [1.165, 1.54) is 32.1 Å². The standard InChI is InChI=1S/C11H18N2O/c1-2-9-8-11(14)12-13(9)10-6-4-3-5-7-10/h8,10H,2-7H2,1H3,(H,12,14). The average molecular weight is 194 g/mol. The van der Waals surface area contributed by atoms with E-state index in [0.29, 0.717) is 6.04 Å². The zero-order chi connectivity index (χ0) is 9.97. The Morgan fingerprint density at radius 2 is 2.14 bits per heavy atom. The van der Waals surface area contributed by atoms with Crippen LogP contribution in [0.1, 0.15) is 50.8 Å². The van der Waals surface area contributed by atoms with Crippen LogP contribution in [0.2, 0.25) is 0 Å². The lowest BCUT2D eigenvalue weighted by Gasteiger charge is -2.24. The lowest BCUT2D eigenvalue weighted by atomic mass is 9.95. The summed E-state index contributed by atoms with van der Waals surface area (Å²) in [4.78, 5) is 11.2. The van der Waals surface area contributed by atoms with Crippen molar-refractivity contribution in [2.24, 2.45) is 0 Å². The molecule has 1 saturated carbocycles. The van der Waals surface area contributed by atoms with E-state index in [1.54, 1.807) is 6.07 Å². The number of aromatic amines is 1. The lowest BCUT2D eigenvalue weighted by molar-refractivity contribution is 0.321. The van der Waals surface area contributed by atoms with Gasteiger partial charge in [0.2, 0.25) is 0 Å². The molecule has 0 saturated heterocycles. The summed E-state index contributed by atoms with van der Waals surface area (Å²) in [5.74, 6) is 0. The highest BCUT2D eigenvalue weighted by Crippen LogP contribution is 2.27. The molecule has 1 aliphatic rings. The molecular weight excluding hydrogens is 176 g/mol. The van der Waals surface area contributed by atoms with Gasteiger partial charge in [0.25, 0.3) is 5.56 Å². The zero-order valence-corrected chi connectivity index (χ0v) is 8.75. The molecule has 0 unspecified atom stereocenters. The van der Waals surface area contributed by atoms with Gasteiger partial charge in [-0.3, -0.25) is 14.6 Å². The summed E-state index contributed by atoms with van der Waals surface area (Å²) in [5, 5.41) is 2.93. The summed E-state index contributed by atoms with van der Waals surface area (Å²) in [6, 6.07) is 2.27. The van der Waals surface area contributed by atoms with E-state index < -0.39 is 0 Å². The van der Waals surface area contributed by atoms with Crippen molar-refractivity contribution in [1.82, 2.24) is 9.78 Å². The highest BCUT2D eigenvalue weighted by atomic mass is 16.1. The molecule has 3 heteroatoms. The van der Waals surface area contributed by atoms with Crippen LogP contribution in [-0.4, -0.2) is 9.78 Å². The van der Waals surface area contributed by atoms with E-state index in [9.17, 15) is 4.79 Å². The molecule has 1 aromatic rings. The summed E-state index contributed by atoms with van der Waals surface area (Å²) in [6.07, 6.45) is 7.33. The van der Waals surface area contributed by atoms with Gasteiger partial charge in [-0.15, -0.1) is 0 Å². The van der Waals surface area contributed by atoms with Crippen LogP contribution in [0.5, 0.6) is 0 Å². The number of aryl methyl sites for hydroxylation is 1. The molecule has 0 radical (unpaired) electrons. The average Bonchev–Trinajstić information content (AvgIpc) is 2.61. The minimum absolute atomic E-state index is 0.0485. The molecule has 1 fully saturated rings. The molecule has 1 N–H and O–H groups in total. The minimum Gasteiger partial charge on any atom is -0.286 e. The SMILES string of the molecule is CCc1cc(=O)[nH]n1C1CCCCC1. The van der Waals surface area contributed by atoms with Crippen LogP contribution in [0.25, 0.3) is 0 Å². The second-order valence-corrected chi connectivity index (χ2v) is 4.13. The Kier molecular flexibility index (Phi) is 2.75. The fourth-order valence-electron chi connectivity index (χ4n) is 2.38. The van der Waals surface area contributed by atoms with E-state index in [0.717, 1.165) is 12.1 Å². The predicted molar refractivity (Wildman–Crippen MR) is 56.6 cm³/mol. The third-order valence-corrected chi connectivity index (χ3v) is 3.14. The second-order valence-electron chi connectivity index (χ2n) is 4.13. The number of H-pyrrole nitrogens is 1. The molecule has 1 aliphatic carbocycles. The molecule has 0 bridgehead atoms. The number of rotatable bonds is 2. The summed E-state index contributed by atoms with van der Waals surface area (Å²) in [5.41, 5.74) is 1.20. The van der Waals surface area contributed by atoms with Crippen molar-refractivity contribution in [1.29, 1.82) is 0 Å². The van der Waals surface area contributed by atoms with Crippen molar-refractivity contribution >= 4 is 0 Å². The maximum absolute atomic E-state index is 11.2. The highest BCUT2D eigenvalue weighted by molar-refractivity contribution is 5.02. The third-order valence-electron chi connectivity index (χ3n) is 3.14. The molecule has 0 spiro atoms. The van der Waals surface area contributed by atoms with Crippen molar-refractivity contribution in [3.8, 4) is 0 Å². The molecule has 3 nitrogen and oxygen atoms in total. The Morgan fingerprint density at radius 3 is 2.79 bits per heavy atom. The van der Waals surface area contributed by atoms with Crippen LogP contribution in [0.3, 0.4) is 0 Å². The maximum Gasteiger partial charge on any atom is 0.264 e. The third kappa shape index (κ3) is 1.76. The maximum atomic E-state index is 11.2. The largest absolute Gasteiger partial charge is 0.286 e. The topological polar surface area (TPSA) is 37.8 Å². The van der Waals surface area contributed by atoms with Gasteiger partial charge in [-0.25, -0.2) is 0 Å². The summed E-state index contributed by atoms with van der Waals surface area (Å²) < 4.78 is 2.10. The van der Waals surface area contributed by atoms with Crippen LogP contribution in [0.4, 0.5) is 0 Å². The van der Waals surface area contributed by atoms with Crippen molar-refractivity contribution in [3.05, 3.63) is 22.1 Å². The molecule has 0 aliphatic heterocycles. The Labute approximate surface area is 84.1 Å². The first kappa shape index (κ1) is 9.56. The Balaban J connectivity index is 2.24. The van der Waals surface area contributed by atoms with Crippen LogP contribution in [0, 0.1) is 0 Å². The molecule has 78 valence electrons. The molecule has 2 rings (SSSR count). The van der Waals surface area contributed by atoms with Crippen LogP contribution in [-0.2, 0) is 6.42 Å². The van der Waals surface area contributed by atoms with Crippen molar-refractivity contribution < 1.29 is 0 Å². The number of hydrogen-bond donors (Lipinski definition) is 1. The lowest BCUT2D eigenvalue weighted by Crippen LogP contribution is -2.17. The number of nitrogens with one attached hydrogen (secondary N) is 1. The van der Waals surface area contributed by atoms with Crippen LogP contribution < -0.4 is 5.56 Å². The fourth-order valence-corrected chi connectivity index (χ4v) is 2.38. The minimum atomic E-state index is 0.0485. The second kappa shape index (κ2) is 4.03. The van der Waals surface area contributed by atoms with E-state index in [2.05, 4.69) is 16.7 Å². The first-order valence-electron chi connectivity index (χ1n) is 5.61. The summed E-state index contributed by atoms with van der Waals surface area (Å²) >= 11 is 0. The number of hydrogen-bond acceptors (Lipinski definition) is 1. The highest BCUT2D eigenvalue weighted by Gasteiger charge is 2.17. The van der Waals surface area contributed by atoms with Crippen molar-refractivity contribution in [2.75, 3.05) is 0 Å². The smallest absolute Gasteiger partial charge is 0.264 e. The number of nitrogens with zero attached hydrogens (tertiary/aromatic N) is 1. The van der Waals surface area contributed by atoms with Gasteiger partial charge in [-0.2, -0.15) is 0 Å². The molecular formula is C11H18N2O. The zero-order valence-electron chi connectivity index (χ0n) is 8.75. The van der Waals surface area contributed by atoms with E-state index in [4.69, 9.17) is 0 Å². The van der Waals surface area contributed by atoms with Crippen LogP contribution >= 0.6 is 0 Å². The van der Waals surface area contributed by atoms with Gasteiger partial charge in [0.05, 0.1) is 6.04 Å². The molecule has 1 heterocycles. The monoisotopic (exact) mass is 194 g/mol. The van der Waals surface area contributed by atoms with Crippen molar-refractivity contribution in [2.45, 2.75) is 51.5 Å².